The van der Waals surface area contributed by atoms with Crippen molar-refractivity contribution in [2.75, 3.05) is 5.32 Å². The highest BCUT2D eigenvalue weighted by Gasteiger charge is 2.05. The van der Waals surface area contributed by atoms with Crippen LogP contribution in [0.3, 0.4) is 0 Å². The maximum Gasteiger partial charge on any atom is 0.125 e. The highest BCUT2D eigenvalue weighted by molar-refractivity contribution is 9.10. The molecule has 0 aliphatic carbocycles. The number of halogens is 3. The van der Waals surface area contributed by atoms with Gasteiger partial charge in [-0.3, -0.25) is 0 Å². The van der Waals surface area contributed by atoms with Gasteiger partial charge >= 0.3 is 0 Å². The summed E-state index contributed by atoms with van der Waals surface area (Å²) < 4.78 is 13.8. The molecule has 5 heteroatoms. The molecule has 90 valence electrons. The van der Waals surface area contributed by atoms with E-state index in [1.165, 1.54) is 18.2 Å². The number of hydrogen-bond donors (Lipinski definition) is 1. The molecule has 0 spiro atoms. The second-order valence-corrected chi connectivity index (χ2v) is 4.82. The minimum Gasteiger partial charge on any atom is -0.354 e. The van der Waals surface area contributed by atoms with Gasteiger partial charge in [-0.05, 0) is 52.3 Å². The van der Waals surface area contributed by atoms with Crippen LogP contribution in [0.15, 0.2) is 40.9 Å². The van der Waals surface area contributed by atoms with Crippen molar-refractivity contribution in [3.8, 4) is 6.07 Å². The van der Waals surface area contributed by atoms with Crippen LogP contribution in [0.4, 0.5) is 15.8 Å². The Hall–Kier alpha value is -1.57. The van der Waals surface area contributed by atoms with Gasteiger partial charge in [-0.1, -0.05) is 11.6 Å². The Balaban J connectivity index is 2.32. The highest BCUT2D eigenvalue weighted by Crippen LogP contribution is 2.28. The summed E-state index contributed by atoms with van der Waals surface area (Å²) in [6.45, 7) is 0. The Morgan fingerprint density at radius 1 is 1.22 bits per heavy atom. The molecule has 2 nitrogen and oxygen atoms in total. The Morgan fingerprint density at radius 3 is 2.67 bits per heavy atom. The lowest BCUT2D eigenvalue weighted by molar-refractivity contribution is 0.628. The molecule has 0 heterocycles. The molecule has 0 saturated carbocycles. The Morgan fingerprint density at radius 2 is 2.00 bits per heavy atom. The van der Waals surface area contributed by atoms with Crippen LogP contribution < -0.4 is 5.32 Å². The van der Waals surface area contributed by atoms with Crippen LogP contribution in [-0.2, 0) is 0 Å². The molecule has 18 heavy (non-hydrogen) atoms. The Bertz CT molecular complexity index is 637. The number of nitrogens with zero attached hydrogens (tertiary/aromatic N) is 1. The molecular weight excluding hydrogens is 319 g/mol. The summed E-state index contributed by atoms with van der Waals surface area (Å²) in [6.07, 6.45) is 0. The monoisotopic (exact) mass is 324 g/mol. The predicted octanol–water partition coefficient (Wildman–Crippen LogP) is 4.86. The van der Waals surface area contributed by atoms with E-state index in [1.54, 1.807) is 18.2 Å². The molecule has 0 fully saturated rings. The standard InChI is InChI=1S/C13H7BrClFN2/c14-11-6-10(3-1-8(11)7-17)18-13-5-9(16)2-4-12(13)15/h1-6,18H. The summed E-state index contributed by atoms with van der Waals surface area (Å²) in [5.41, 5.74) is 1.73. The molecule has 2 aromatic carbocycles. The van der Waals surface area contributed by atoms with Gasteiger partial charge in [0.1, 0.15) is 11.9 Å². The van der Waals surface area contributed by atoms with Gasteiger partial charge in [0, 0.05) is 10.2 Å². The van der Waals surface area contributed by atoms with Crippen LogP contribution in [-0.4, -0.2) is 0 Å². The van der Waals surface area contributed by atoms with Crippen LogP contribution >= 0.6 is 27.5 Å². The summed E-state index contributed by atoms with van der Waals surface area (Å²) >= 11 is 9.24. The van der Waals surface area contributed by atoms with E-state index >= 15 is 0 Å². The number of rotatable bonds is 2. The van der Waals surface area contributed by atoms with Gasteiger partial charge in [-0.25, -0.2) is 4.39 Å². The van der Waals surface area contributed by atoms with Crippen LogP contribution in [0.2, 0.25) is 5.02 Å². The van der Waals surface area contributed by atoms with Crippen molar-refractivity contribution >= 4 is 38.9 Å². The van der Waals surface area contributed by atoms with Crippen LogP contribution in [0.25, 0.3) is 0 Å². The number of benzene rings is 2. The zero-order valence-electron chi connectivity index (χ0n) is 9.05. The van der Waals surface area contributed by atoms with Crippen molar-refractivity contribution in [3.63, 3.8) is 0 Å². The van der Waals surface area contributed by atoms with Crippen molar-refractivity contribution in [1.29, 1.82) is 5.26 Å². The molecule has 2 aromatic rings. The first-order valence-electron chi connectivity index (χ1n) is 5.02. The van der Waals surface area contributed by atoms with E-state index in [0.29, 0.717) is 26.4 Å². The third kappa shape index (κ3) is 2.81. The lowest BCUT2D eigenvalue weighted by atomic mass is 10.2. The van der Waals surface area contributed by atoms with Crippen molar-refractivity contribution in [1.82, 2.24) is 0 Å². The first kappa shape index (κ1) is 12.9. The fourth-order valence-electron chi connectivity index (χ4n) is 1.43. The quantitative estimate of drug-likeness (QED) is 0.856. The SMILES string of the molecule is N#Cc1ccc(Nc2cc(F)ccc2Cl)cc1Br. The minimum atomic E-state index is -0.366. The molecule has 0 radical (unpaired) electrons. The molecule has 0 aliphatic heterocycles. The maximum absolute atomic E-state index is 13.1. The first-order valence-corrected chi connectivity index (χ1v) is 6.19. The third-order valence-electron chi connectivity index (χ3n) is 2.30. The summed E-state index contributed by atoms with van der Waals surface area (Å²) in [5.74, 6) is -0.366. The zero-order chi connectivity index (χ0) is 13.1. The molecule has 0 bridgehead atoms. The fraction of sp³-hybridized carbons (Fsp3) is 0. The van der Waals surface area contributed by atoms with Gasteiger partial charge in [0.25, 0.3) is 0 Å². The zero-order valence-corrected chi connectivity index (χ0v) is 11.4. The van der Waals surface area contributed by atoms with Crippen molar-refractivity contribution < 1.29 is 4.39 Å². The molecule has 0 unspecified atom stereocenters. The number of anilines is 2. The van der Waals surface area contributed by atoms with Gasteiger partial charge in [0.15, 0.2) is 0 Å². The lowest BCUT2D eigenvalue weighted by Gasteiger charge is -2.09. The van der Waals surface area contributed by atoms with E-state index in [4.69, 9.17) is 16.9 Å². The third-order valence-corrected chi connectivity index (χ3v) is 3.28. The fourth-order valence-corrected chi connectivity index (χ4v) is 2.06. The normalized spacial score (nSPS) is 9.89. The van der Waals surface area contributed by atoms with E-state index in [0.717, 1.165) is 0 Å². The van der Waals surface area contributed by atoms with Gasteiger partial charge < -0.3 is 5.32 Å². The molecule has 0 saturated heterocycles. The summed E-state index contributed by atoms with van der Waals surface area (Å²) in [6, 6.07) is 11.3. The average Bonchev–Trinajstić information content (AvgIpc) is 2.34. The van der Waals surface area contributed by atoms with Gasteiger partial charge in [0.2, 0.25) is 0 Å². The van der Waals surface area contributed by atoms with Crippen molar-refractivity contribution in [3.05, 3.63) is 57.3 Å². The summed E-state index contributed by atoms with van der Waals surface area (Å²) in [5, 5.41) is 12.2. The second kappa shape index (κ2) is 5.38. The second-order valence-electron chi connectivity index (χ2n) is 3.56. The van der Waals surface area contributed by atoms with Crippen LogP contribution in [0.1, 0.15) is 5.56 Å². The molecule has 0 aromatic heterocycles. The van der Waals surface area contributed by atoms with E-state index in [1.807, 2.05) is 6.07 Å². The lowest BCUT2D eigenvalue weighted by Crippen LogP contribution is -1.93. The molecule has 0 amide bonds. The van der Waals surface area contributed by atoms with Gasteiger partial charge in [-0.15, -0.1) is 0 Å². The smallest absolute Gasteiger partial charge is 0.125 e. The molecular formula is C13H7BrClFN2. The highest BCUT2D eigenvalue weighted by atomic mass is 79.9. The number of nitrogens with one attached hydrogen (secondary N) is 1. The maximum atomic E-state index is 13.1. The van der Waals surface area contributed by atoms with Crippen LogP contribution in [0.5, 0.6) is 0 Å². The average molecular weight is 326 g/mol. The van der Waals surface area contributed by atoms with E-state index < -0.39 is 0 Å². The molecule has 0 atom stereocenters. The van der Waals surface area contributed by atoms with Gasteiger partial charge in [0.05, 0.1) is 16.3 Å². The summed E-state index contributed by atoms with van der Waals surface area (Å²) in [4.78, 5) is 0. The number of nitriles is 1. The predicted molar refractivity (Wildman–Crippen MR) is 73.5 cm³/mol. The molecule has 0 aliphatic rings. The van der Waals surface area contributed by atoms with Crippen molar-refractivity contribution in [2.45, 2.75) is 0 Å². The molecule has 2 rings (SSSR count). The molecule has 1 N–H and O–H groups in total. The van der Waals surface area contributed by atoms with E-state index in [9.17, 15) is 4.39 Å². The first-order chi connectivity index (χ1) is 8.60. The minimum absolute atomic E-state index is 0.366. The van der Waals surface area contributed by atoms with E-state index in [-0.39, 0.29) is 5.82 Å². The van der Waals surface area contributed by atoms with Crippen LogP contribution in [0, 0.1) is 17.1 Å². The van der Waals surface area contributed by atoms with Gasteiger partial charge in [-0.2, -0.15) is 5.26 Å². The van der Waals surface area contributed by atoms with Crippen molar-refractivity contribution in [2.24, 2.45) is 0 Å². The Kier molecular flexibility index (Phi) is 3.85. The largest absolute Gasteiger partial charge is 0.354 e. The summed E-state index contributed by atoms with van der Waals surface area (Å²) in [7, 11) is 0. The number of hydrogen-bond acceptors (Lipinski definition) is 2. The van der Waals surface area contributed by atoms with E-state index in [2.05, 4.69) is 21.2 Å². The topological polar surface area (TPSA) is 35.8 Å². The Labute approximate surface area is 117 Å².